The summed E-state index contributed by atoms with van der Waals surface area (Å²) in [5.74, 6) is -23.1. The number of benzene rings is 9. The van der Waals surface area contributed by atoms with Crippen LogP contribution in [0.3, 0.4) is 0 Å². The normalized spacial score (nSPS) is 16.9. The maximum absolute atomic E-state index is 15.7. The van der Waals surface area contributed by atoms with Gasteiger partial charge in [-0.25, -0.2) is 0 Å². The van der Waals surface area contributed by atoms with Crippen LogP contribution in [0, 0.1) is 73.0 Å². The summed E-state index contributed by atoms with van der Waals surface area (Å²) >= 11 is 0. The standard InChI is InChI=1S/C76H84N2O15.C18H18O4.C14H16O3.C5H13N.8CH4/c1-6-9-39-77-69(81)66(61(72(84)85)44-57(50-25-17-12-18-26-50)65-48(5)74(88)93-76(65)90)58(51-27-19-13-20-28-51)43-60-67(71(83)78(70(60)82)40-10-7-2)59(52-29-21-14-22-30-52)45-62(73(86)87)68(56(8-3)49-23-15-11-16-24-49)75(89)92-42-41-91-55-37-35-54(36-38-55)64(80)46-63(79)53-33-31-47(4)32-34-53;1-13-2-4-14(5-3-13)17(20)12-18(21)15-6-8-16(9-7-15)22-11-10-19;1-3-11(10-7-5-4-6-8-10)12-9(2)13(15)17-14(12)16;1-2-3-4-5-6;;;;;;;;/h11-38,48,56-62,65-68H,6-10,39-46H2,1-5H3,(H,77,81)(H,84,85)(H,86,87);2-9,19H,10-12H2,1H3;4-9,11-12H,3H2,1-2H3;2-6H2,1H3;8*1H4. The molecule has 9 aromatic carbocycles. The molecule has 25 nitrogen and oxygen atoms in total. The average molecular weight is 2010 g/mol. The number of Topliss-reactive ketones (excluding diaryl/α,β-unsaturated/α-hetero) is 4. The summed E-state index contributed by atoms with van der Waals surface area (Å²) in [5, 5.41) is 35.0. The number of unbranched alkanes of at least 4 members (excludes halogenated alkanes) is 4. The van der Waals surface area contributed by atoms with E-state index in [0.717, 1.165) is 29.7 Å². The molecule has 3 aliphatic rings. The number of aryl methyl sites for hydroxylation is 2. The van der Waals surface area contributed by atoms with Crippen LogP contribution in [0.1, 0.15) is 308 Å². The minimum atomic E-state index is -1.58. The highest BCUT2D eigenvalue weighted by Crippen LogP contribution is 2.52. The molecule has 146 heavy (non-hydrogen) atoms. The number of cyclic esters (lactones) is 4. The first-order chi connectivity index (χ1) is 66.5. The number of aliphatic hydroxyl groups excluding tert-OH is 1. The fraction of sp³-hybridized carbons (Fsp3) is 0.438. The Morgan fingerprint density at radius 2 is 0.753 bits per heavy atom. The number of carboxylic acid groups (broad SMARTS) is 2. The van der Waals surface area contributed by atoms with Gasteiger partial charge in [-0.05, 0) is 178 Å². The number of imide groups is 1. The third-order valence-electron chi connectivity index (χ3n) is 26.2. The first kappa shape index (κ1) is 130. The minimum absolute atomic E-state index is 0. The second kappa shape index (κ2) is 66.5. The Kier molecular flexibility index (Phi) is 59.4. The molecule has 9 aromatic rings. The van der Waals surface area contributed by atoms with Crippen LogP contribution in [0.25, 0.3) is 0 Å². The lowest BCUT2D eigenvalue weighted by atomic mass is 9.64. The van der Waals surface area contributed by atoms with Gasteiger partial charge in [-0.1, -0.05) is 345 Å². The van der Waals surface area contributed by atoms with Gasteiger partial charge in [0.25, 0.3) is 0 Å². The number of amides is 3. The quantitative estimate of drug-likeness (QED) is 0.00590. The molecular weight excluding hydrogens is 1850 g/mol. The highest BCUT2D eigenvalue weighted by molar-refractivity contribution is 6.14. The largest absolute Gasteiger partial charge is 0.491 e. The molecule has 6 N–H and O–H groups in total. The molecule has 0 aliphatic carbocycles. The topological polar surface area (TPSA) is 387 Å². The lowest BCUT2D eigenvalue weighted by molar-refractivity contribution is -0.160. The lowest BCUT2D eigenvalue weighted by Gasteiger charge is -2.37. The SMILES string of the molecule is C.C.C.C.C.C.C.C.CCC(c1ccccc1)C1C(=O)OC(=O)C1C.CCCCCN.CCCCNC(=O)C(C(CC(c1ccccc1)C1C(=O)OC(=O)C1C)C(=O)O)C(CC1C(=O)N(CCCC)C(=O)C1C(CC(C(=O)O)C(C(=O)OCCOc1ccc(C(=O)CC(=O)c2ccc(C)cc2)cc1)C(CC)c1ccccc1)c1ccccc1)c1ccccc1.Cc1ccc(C(=O)CC(=O)c2ccc(OCCO)cc2)cc1. The van der Waals surface area contributed by atoms with Crippen LogP contribution in [-0.2, 0) is 62.2 Å². The Labute approximate surface area is 867 Å². The monoisotopic (exact) mass is 2010 g/mol. The number of esters is 5. The number of carboxylic acids is 2. The first-order valence-electron chi connectivity index (χ1n) is 48.1. The number of carbonyl (C=O) groups is 14. The number of aliphatic hydroxyl groups is 1. The zero-order chi connectivity index (χ0) is 99.9. The second-order valence-electron chi connectivity index (χ2n) is 35.5. The van der Waals surface area contributed by atoms with E-state index in [9.17, 15) is 58.2 Å². The minimum Gasteiger partial charge on any atom is -0.491 e. The van der Waals surface area contributed by atoms with E-state index in [1.165, 1.54) is 36.3 Å². The average Bonchev–Trinajstić information content (AvgIpc) is 1.59. The van der Waals surface area contributed by atoms with Gasteiger partial charge in [0.15, 0.2) is 23.1 Å². The third kappa shape index (κ3) is 36.3. The van der Waals surface area contributed by atoms with Crippen LogP contribution in [-0.4, -0.2) is 149 Å². The molecule has 794 valence electrons. The van der Waals surface area contributed by atoms with E-state index in [1.807, 2.05) is 96.1 Å². The number of likely N-dealkylation sites (tertiary alicyclic amines) is 1. The predicted molar refractivity (Wildman–Crippen MR) is 577 cm³/mol. The highest BCUT2D eigenvalue weighted by Gasteiger charge is 2.57. The van der Waals surface area contributed by atoms with Gasteiger partial charge in [-0.15, -0.1) is 0 Å². The Bertz CT molecular complexity index is 5490. The molecule has 3 heterocycles. The van der Waals surface area contributed by atoms with Crippen LogP contribution < -0.4 is 20.5 Å². The Hall–Kier alpha value is -13.5. The molecule has 0 radical (unpaired) electrons. The molecule has 3 fully saturated rings. The fourth-order valence-electron chi connectivity index (χ4n) is 18.7. The zero-order valence-electron chi connectivity index (χ0n) is 80.3. The van der Waals surface area contributed by atoms with Crippen LogP contribution in [0.4, 0.5) is 0 Å². The van der Waals surface area contributed by atoms with Crippen molar-refractivity contribution >= 4 is 82.6 Å². The molecule has 0 aromatic heterocycles. The number of nitrogens with zero attached hydrogens (tertiary/aromatic N) is 1. The van der Waals surface area contributed by atoms with Gasteiger partial charge in [0.1, 0.15) is 31.3 Å². The first-order valence-corrected chi connectivity index (χ1v) is 48.1. The number of hydrogen-bond donors (Lipinski definition) is 5. The molecule has 3 saturated heterocycles. The molecule has 15 atom stereocenters. The van der Waals surface area contributed by atoms with Gasteiger partial charge in [0, 0.05) is 35.3 Å². The van der Waals surface area contributed by atoms with Gasteiger partial charge in [0.2, 0.25) is 17.7 Å². The van der Waals surface area contributed by atoms with E-state index in [1.54, 1.807) is 196 Å². The molecule has 25 heteroatoms. The maximum atomic E-state index is 15.7. The molecule has 3 amide bonds. The van der Waals surface area contributed by atoms with E-state index in [0.29, 0.717) is 81.7 Å². The molecule has 0 saturated carbocycles. The molecule has 3 aliphatic heterocycles. The number of nitrogens with one attached hydrogen (secondary N) is 1. The number of nitrogens with two attached hydrogens (primary N) is 1. The predicted octanol–water partition coefficient (Wildman–Crippen LogP) is 23.9. The van der Waals surface area contributed by atoms with Crippen LogP contribution in [0.15, 0.2) is 249 Å². The van der Waals surface area contributed by atoms with Crippen molar-refractivity contribution in [3.63, 3.8) is 0 Å². The van der Waals surface area contributed by atoms with E-state index < -0.39 is 125 Å². The van der Waals surface area contributed by atoms with Gasteiger partial charge in [-0.2, -0.15) is 0 Å². The third-order valence-corrected chi connectivity index (χ3v) is 26.2. The van der Waals surface area contributed by atoms with Crippen molar-refractivity contribution in [3.05, 3.63) is 310 Å². The van der Waals surface area contributed by atoms with Crippen molar-refractivity contribution in [1.29, 1.82) is 0 Å². The lowest BCUT2D eigenvalue weighted by Crippen LogP contribution is -2.44. The van der Waals surface area contributed by atoms with E-state index in [-0.39, 0.29) is 184 Å². The zero-order valence-corrected chi connectivity index (χ0v) is 80.3. The number of ether oxygens (including phenoxy) is 5. The van der Waals surface area contributed by atoms with Gasteiger partial charge < -0.3 is 50.1 Å². The van der Waals surface area contributed by atoms with Crippen LogP contribution in [0.2, 0.25) is 0 Å². The molecule has 12 rings (SSSR count). The number of rotatable bonds is 48. The second-order valence-corrected chi connectivity index (χ2v) is 35.5. The summed E-state index contributed by atoms with van der Waals surface area (Å²) in [6.45, 7) is 17.8. The van der Waals surface area contributed by atoms with Crippen molar-refractivity contribution in [3.8, 4) is 11.5 Å². The number of hydrogen-bond acceptors (Lipinski definition) is 21. The van der Waals surface area contributed by atoms with Crippen molar-refractivity contribution in [1.82, 2.24) is 10.2 Å². The van der Waals surface area contributed by atoms with Gasteiger partial charge in [0.05, 0.1) is 78.6 Å². The Balaban J connectivity index is 0.00000164. The number of carbonyl (C=O) groups excluding carboxylic acids is 12. The van der Waals surface area contributed by atoms with E-state index in [2.05, 4.69) is 12.2 Å². The van der Waals surface area contributed by atoms with Crippen molar-refractivity contribution in [2.75, 3.05) is 46.1 Å². The number of ketones is 4. The summed E-state index contributed by atoms with van der Waals surface area (Å²) in [5.41, 5.74) is 12.3. The highest BCUT2D eigenvalue weighted by atomic mass is 16.6. The Morgan fingerprint density at radius 3 is 1.10 bits per heavy atom. The smallest absolute Gasteiger partial charge is 0.318 e. The number of aliphatic carboxylic acids is 2. The van der Waals surface area contributed by atoms with Crippen molar-refractivity contribution < 1.29 is 106 Å². The van der Waals surface area contributed by atoms with Gasteiger partial charge >= 0.3 is 41.8 Å². The van der Waals surface area contributed by atoms with E-state index >= 15 is 19.2 Å². The summed E-state index contributed by atoms with van der Waals surface area (Å²) < 4.78 is 27.1. The fourth-order valence-corrected chi connectivity index (χ4v) is 18.7. The summed E-state index contributed by atoms with van der Waals surface area (Å²) in [4.78, 5) is 192. The van der Waals surface area contributed by atoms with Crippen LogP contribution >= 0.6 is 0 Å². The summed E-state index contributed by atoms with van der Waals surface area (Å²) in [6.07, 6.45) is 5.69. The van der Waals surface area contributed by atoms with E-state index in [4.69, 9.17) is 34.5 Å². The molecule has 15 unspecified atom stereocenters. The van der Waals surface area contributed by atoms with Crippen LogP contribution in [0.5, 0.6) is 11.5 Å². The van der Waals surface area contributed by atoms with Crippen molar-refractivity contribution in [2.24, 2.45) is 64.9 Å². The van der Waals surface area contributed by atoms with Crippen molar-refractivity contribution in [2.45, 2.75) is 241 Å². The Morgan fingerprint density at radius 1 is 0.397 bits per heavy atom. The summed E-state index contributed by atoms with van der Waals surface area (Å²) in [7, 11) is 0. The molecule has 0 bridgehead atoms. The molecular formula is C121H163N3O22. The maximum Gasteiger partial charge on any atom is 0.318 e. The molecule has 0 spiro atoms. The summed E-state index contributed by atoms with van der Waals surface area (Å²) in [6, 6.07) is 71.9. The van der Waals surface area contributed by atoms with Gasteiger partial charge in [-0.3, -0.25) is 72.0 Å².